The number of amides is 1. The summed E-state index contributed by atoms with van der Waals surface area (Å²) < 4.78 is 10.7. The van der Waals surface area contributed by atoms with E-state index < -0.39 is 0 Å². The molecule has 0 aromatic heterocycles. The van der Waals surface area contributed by atoms with Gasteiger partial charge in [0, 0.05) is 32.7 Å². The minimum atomic E-state index is -0.0382. The molecule has 1 saturated heterocycles. The van der Waals surface area contributed by atoms with E-state index in [0.717, 1.165) is 19.6 Å². The second kappa shape index (κ2) is 9.24. The fraction of sp³-hybridized carbons (Fsp3) is 0.318. The van der Waals surface area contributed by atoms with E-state index in [-0.39, 0.29) is 5.91 Å². The number of carbonyl (C=O) groups excluding carboxylic acids is 1. The summed E-state index contributed by atoms with van der Waals surface area (Å²) in [5, 5.41) is 0. The number of piperazine rings is 1. The quantitative estimate of drug-likeness (QED) is 0.788. The molecule has 0 bridgehead atoms. The van der Waals surface area contributed by atoms with E-state index in [1.807, 2.05) is 29.2 Å². The van der Waals surface area contributed by atoms with Crippen molar-refractivity contribution in [2.45, 2.75) is 0 Å². The Morgan fingerprint density at radius 3 is 2.15 bits per heavy atom. The standard InChI is InChI=1S/C22H26N2O3/c1-26-19-11-6-12-20(27-2)21(19)22(25)24-16-14-23(15-17-24)13-7-10-18-8-4-3-5-9-18/h3-12H,13-17H2,1-2H3/b10-7+. The fourth-order valence-corrected chi connectivity index (χ4v) is 3.26. The Kier molecular flexibility index (Phi) is 6.49. The average molecular weight is 366 g/mol. The Labute approximate surface area is 160 Å². The smallest absolute Gasteiger partial charge is 0.261 e. The van der Waals surface area contributed by atoms with Crippen molar-refractivity contribution in [3.8, 4) is 11.5 Å². The molecule has 0 saturated carbocycles. The maximum absolute atomic E-state index is 13.0. The Bertz CT molecular complexity index is 759. The molecule has 142 valence electrons. The number of benzene rings is 2. The van der Waals surface area contributed by atoms with Gasteiger partial charge in [-0.15, -0.1) is 0 Å². The van der Waals surface area contributed by atoms with Crippen LogP contribution in [-0.2, 0) is 0 Å². The normalized spacial score (nSPS) is 15.1. The van der Waals surface area contributed by atoms with Crippen molar-refractivity contribution in [3.63, 3.8) is 0 Å². The highest BCUT2D eigenvalue weighted by Crippen LogP contribution is 2.29. The second-order valence-corrected chi connectivity index (χ2v) is 6.44. The van der Waals surface area contributed by atoms with E-state index in [1.165, 1.54) is 5.56 Å². The summed E-state index contributed by atoms with van der Waals surface area (Å²) in [6.07, 6.45) is 4.31. The summed E-state index contributed by atoms with van der Waals surface area (Å²) in [5.41, 5.74) is 1.70. The van der Waals surface area contributed by atoms with E-state index in [0.29, 0.717) is 30.2 Å². The predicted molar refractivity (Wildman–Crippen MR) is 107 cm³/mol. The van der Waals surface area contributed by atoms with Crippen LogP contribution in [0.4, 0.5) is 0 Å². The van der Waals surface area contributed by atoms with Gasteiger partial charge < -0.3 is 14.4 Å². The van der Waals surface area contributed by atoms with E-state index >= 15 is 0 Å². The van der Waals surface area contributed by atoms with Gasteiger partial charge in [-0.25, -0.2) is 0 Å². The van der Waals surface area contributed by atoms with Crippen molar-refractivity contribution in [2.24, 2.45) is 0 Å². The highest BCUT2D eigenvalue weighted by atomic mass is 16.5. The van der Waals surface area contributed by atoms with Gasteiger partial charge in [0.05, 0.1) is 14.2 Å². The first-order valence-corrected chi connectivity index (χ1v) is 9.17. The molecule has 5 heteroatoms. The zero-order valence-electron chi connectivity index (χ0n) is 15.9. The van der Waals surface area contributed by atoms with Crippen LogP contribution >= 0.6 is 0 Å². The Balaban J connectivity index is 1.58. The number of hydrogen-bond acceptors (Lipinski definition) is 4. The molecule has 3 rings (SSSR count). The molecule has 1 fully saturated rings. The molecule has 0 radical (unpaired) electrons. The van der Waals surface area contributed by atoms with Crippen molar-refractivity contribution >= 4 is 12.0 Å². The molecule has 5 nitrogen and oxygen atoms in total. The van der Waals surface area contributed by atoms with Gasteiger partial charge in [0.15, 0.2) is 0 Å². The number of carbonyl (C=O) groups is 1. The zero-order chi connectivity index (χ0) is 19.1. The predicted octanol–water partition coefficient (Wildman–Crippen LogP) is 3.18. The highest BCUT2D eigenvalue weighted by Gasteiger charge is 2.26. The van der Waals surface area contributed by atoms with Crippen LogP contribution in [-0.4, -0.2) is 62.7 Å². The van der Waals surface area contributed by atoms with Crippen LogP contribution in [0.5, 0.6) is 11.5 Å². The Morgan fingerprint density at radius 1 is 0.926 bits per heavy atom. The zero-order valence-corrected chi connectivity index (χ0v) is 15.9. The molecule has 1 aliphatic rings. The van der Waals surface area contributed by atoms with Gasteiger partial charge >= 0.3 is 0 Å². The maximum Gasteiger partial charge on any atom is 0.261 e. The molecule has 2 aromatic rings. The number of hydrogen-bond donors (Lipinski definition) is 0. The number of ether oxygens (including phenoxy) is 2. The third-order valence-corrected chi connectivity index (χ3v) is 4.77. The van der Waals surface area contributed by atoms with Gasteiger partial charge in [0.2, 0.25) is 0 Å². The summed E-state index contributed by atoms with van der Waals surface area (Å²) >= 11 is 0. The van der Waals surface area contributed by atoms with Crippen molar-refractivity contribution in [2.75, 3.05) is 46.9 Å². The van der Waals surface area contributed by atoms with Crippen molar-refractivity contribution in [1.82, 2.24) is 9.80 Å². The Morgan fingerprint density at radius 2 is 1.56 bits per heavy atom. The molecular formula is C22H26N2O3. The number of rotatable bonds is 6. The van der Waals surface area contributed by atoms with Crippen LogP contribution in [0.3, 0.4) is 0 Å². The van der Waals surface area contributed by atoms with E-state index in [9.17, 15) is 4.79 Å². The van der Waals surface area contributed by atoms with E-state index in [4.69, 9.17) is 9.47 Å². The van der Waals surface area contributed by atoms with Crippen molar-refractivity contribution in [3.05, 3.63) is 65.7 Å². The molecule has 0 aliphatic carbocycles. The third-order valence-electron chi connectivity index (χ3n) is 4.77. The maximum atomic E-state index is 13.0. The molecule has 0 N–H and O–H groups in total. The number of nitrogens with zero attached hydrogens (tertiary/aromatic N) is 2. The molecule has 1 amide bonds. The first kappa shape index (κ1) is 19.0. The van der Waals surface area contributed by atoms with Crippen LogP contribution < -0.4 is 9.47 Å². The van der Waals surface area contributed by atoms with Crippen LogP contribution in [0.2, 0.25) is 0 Å². The first-order chi connectivity index (χ1) is 13.2. The summed E-state index contributed by atoms with van der Waals surface area (Å²) in [6.45, 7) is 3.97. The summed E-state index contributed by atoms with van der Waals surface area (Å²) in [6, 6.07) is 15.7. The highest BCUT2D eigenvalue weighted by molar-refractivity contribution is 5.99. The van der Waals surface area contributed by atoms with Gasteiger partial charge in [-0.1, -0.05) is 48.6 Å². The lowest BCUT2D eigenvalue weighted by Crippen LogP contribution is -2.48. The average Bonchev–Trinajstić information content (AvgIpc) is 2.74. The van der Waals surface area contributed by atoms with Crippen molar-refractivity contribution in [1.29, 1.82) is 0 Å². The lowest BCUT2D eigenvalue weighted by atomic mass is 10.1. The van der Waals surface area contributed by atoms with Crippen molar-refractivity contribution < 1.29 is 14.3 Å². The fourth-order valence-electron chi connectivity index (χ4n) is 3.26. The lowest BCUT2D eigenvalue weighted by Gasteiger charge is -2.34. The van der Waals surface area contributed by atoms with Gasteiger partial charge in [0.25, 0.3) is 5.91 Å². The molecule has 1 aliphatic heterocycles. The van der Waals surface area contributed by atoms with Crippen LogP contribution in [0.15, 0.2) is 54.6 Å². The molecule has 1 heterocycles. The molecule has 2 aromatic carbocycles. The molecular weight excluding hydrogens is 340 g/mol. The molecule has 27 heavy (non-hydrogen) atoms. The number of methoxy groups -OCH3 is 2. The van der Waals surface area contributed by atoms with Gasteiger partial charge in [-0.05, 0) is 17.7 Å². The topological polar surface area (TPSA) is 42.0 Å². The third kappa shape index (κ3) is 4.68. The van der Waals surface area contributed by atoms with Gasteiger partial charge in [-0.2, -0.15) is 0 Å². The monoisotopic (exact) mass is 366 g/mol. The Hall–Kier alpha value is -2.79. The van der Waals surface area contributed by atoms with Gasteiger partial charge in [0.1, 0.15) is 17.1 Å². The second-order valence-electron chi connectivity index (χ2n) is 6.44. The molecule has 0 spiro atoms. The summed E-state index contributed by atoms with van der Waals surface area (Å²) in [4.78, 5) is 17.2. The SMILES string of the molecule is COc1cccc(OC)c1C(=O)N1CCN(C/C=C/c2ccccc2)CC1. The lowest BCUT2D eigenvalue weighted by molar-refractivity contribution is 0.0643. The van der Waals surface area contributed by atoms with Crippen LogP contribution in [0, 0.1) is 0 Å². The first-order valence-electron chi connectivity index (χ1n) is 9.17. The largest absolute Gasteiger partial charge is 0.496 e. The molecule has 0 unspecified atom stereocenters. The minimum Gasteiger partial charge on any atom is -0.496 e. The summed E-state index contributed by atoms with van der Waals surface area (Å²) in [5.74, 6) is 1.06. The van der Waals surface area contributed by atoms with E-state index in [2.05, 4.69) is 29.2 Å². The summed E-state index contributed by atoms with van der Waals surface area (Å²) in [7, 11) is 3.14. The van der Waals surface area contributed by atoms with Crippen LogP contribution in [0.25, 0.3) is 6.08 Å². The van der Waals surface area contributed by atoms with Gasteiger partial charge in [-0.3, -0.25) is 9.69 Å². The van der Waals surface area contributed by atoms with Crippen LogP contribution in [0.1, 0.15) is 15.9 Å². The van der Waals surface area contributed by atoms with E-state index in [1.54, 1.807) is 26.4 Å². The molecule has 0 atom stereocenters. The minimum absolute atomic E-state index is 0.0382.